The average Bonchev–Trinajstić information content (AvgIpc) is 2.64. The Hall–Kier alpha value is -3.20. The van der Waals surface area contributed by atoms with Gasteiger partial charge in [0.15, 0.2) is 17.3 Å². The van der Waals surface area contributed by atoms with Crippen molar-refractivity contribution in [2.24, 2.45) is 0 Å². The Labute approximate surface area is 148 Å². The van der Waals surface area contributed by atoms with Crippen LogP contribution in [0.5, 0.6) is 23.3 Å². The van der Waals surface area contributed by atoms with E-state index in [4.69, 9.17) is 24.7 Å². The Bertz CT molecular complexity index is 923. The largest absolute Gasteiger partial charge is 0.491 e. The van der Waals surface area contributed by atoms with E-state index in [1.54, 1.807) is 19.2 Å². The number of nitrogen functional groups attached to an aromatic ring is 1. The van der Waals surface area contributed by atoms with Crippen molar-refractivity contribution in [3.8, 4) is 23.3 Å². The Kier molecular flexibility index (Phi) is 5.28. The zero-order valence-electron chi connectivity index (χ0n) is 14.2. The summed E-state index contributed by atoms with van der Waals surface area (Å²) in [7, 11) is 3.07. The van der Waals surface area contributed by atoms with Gasteiger partial charge in [-0.2, -0.15) is 0 Å². The fourth-order valence-corrected chi connectivity index (χ4v) is 2.19. The fraction of sp³-hybridized carbons (Fsp3) is 0.235. The van der Waals surface area contributed by atoms with Gasteiger partial charge in [0.05, 0.1) is 31.1 Å². The minimum absolute atomic E-state index is 0.200. The number of methoxy groups -OCH3 is 2. The fourth-order valence-electron chi connectivity index (χ4n) is 2.19. The first kappa shape index (κ1) is 17.6. The monoisotopic (exact) mass is 360 g/mol. The molecule has 26 heavy (non-hydrogen) atoms. The molecule has 0 spiro atoms. The SMILES string of the molecule is COCCOc1nc2c(Oc3ncc(N)cc3F)ccnc2cc1OC. The molecular weight excluding hydrogens is 343 g/mol. The molecule has 0 fully saturated rings. The Morgan fingerprint density at radius 2 is 1.92 bits per heavy atom. The van der Waals surface area contributed by atoms with Crippen molar-refractivity contribution in [1.82, 2.24) is 15.0 Å². The van der Waals surface area contributed by atoms with Crippen LogP contribution >= 0.6 is 0 Å². The van der Waals surface area contributed by atoms with Crippen molar-refractivity contribution in [3.05, 3.63) is 36.4 Å². The van der Waals surface area contributed by atoms with Crippen molar-refractivity contribution in [2.75, 3.05) is 33.2 Å². The molecule has 0 amide bonds. The maximum atomic E-state index is 14.0. The lowest BCUT2D eigenvalue weighted by Gasteiger charge is -2.12. The first-order valence-corrected chi connectivity index (χ1v) is 7.66. The molecule has 3 heterocycles. The number of fused-ring (bicyclic) bond motifs is 1. The van der Waals surface area contributed by atoms with Crippen molar-refractivity contribution in [2.45, 2.75) is 0 Å². The smallest absolute Gasteiger partial charge is 0.257 e. The van der Waals surface area contributed by atoms with Crippen molar-refractivity contribution in [1.29, 1.82) is 0 Å². The van der Waals surface area contributed by atoms with Gasteiger partial charge >= 0.3 is 0 Å². The standard InChI is InChI=1S/C17H17FN4O4/c1-23-5-6-25-17-14(24-2)8-12-15(22-17)13(3-4-20-12)26-16-11(18)7-10(19)9-21-16/h3-4,7-9H,5-6,19H2,1-2H3. The second-order valence-electron chi connectivity index (χ2n) is 5.17. The van der Waals surface area contributed by atoms with Gasteiger partial charge in [0.2, 0.25) is 0 Å². The Balaban J connectivity index is 2.00. The topological polar surface area (TPSA) is 102 Å². The summed E-state index contributed by atoms with van der Waals surface area (Å²) >= 11 is 0. The highest BCUT2D eigenvalue weighted by atomic mass is 19.1. The number of hydrogen-bond donors (Lipinski definition) is 1. The molecule has 2 N–H and O–H groups in total. The van der Waals surface area contributed by atoms with Crippen molar-refractivity contribution >= 4 is 16.7 Å². The van der Waals surface area contributed by atoms with E-state index in [0.717, 1.165) is 6.07 Å². The predicted octanol–water partition coefficient (Wildman–Crippen LogP) is 2.57. The summed E-state index contributed by atoms with van der Waals surface area (Å²) in [6, 6.07) is 4.34. The minimum atomic E-state index is -0.681. The molecule has 136 valence electrons. The zero-order valence-corrected chi connectivity index (χ0v) is 14.2. The van der Waals surface area contributed by atoms with Gasteiger partial charge in [-0.05, 0) is 0 Å². The van der Waals surface area contributed by atoms with Gasteiger partial charge in [0, 0.05) is 31.5 Å². The van der Waals surface area contributed by atoms with Crippen LogP contribution in [0.4, 0.5) is 10.1 Å². The van der Waals surface area contributed by atoms with Crippen LogP contribution in [-0.2, 0) is 4.74 Å². The highest BCUT2D eigenvalue weighted by molar-refractivity contribution is 5.83. The lowest BCUT2D eigenvalue weighted by molar-refractivity contribution is 0.141. The highest BCUT2D eigenvalue weighted by Crippen LogP contribution is 2.34. The summed E-state index contributed by atoms with van der Waals surface area (Å²) < 4.78 is 35.4. The molecule has 3 aromatic rings. The van der Waals surface area contributed by atoms with Gasteiger partial charge in [-0.25, -0.2) is 14.4 Å². The van der Waals surface area contributed by atoms with Crippen LogP contribution in [0.15, 0.2) is 30.6 Å². The number of pyridine rings is 3. The molecule has 0 aromatic carbocycles. The summed E-state index contributed by atoms with van der Waals surface area (Å²) in [6.07, 6.45) is 2.82. The van der Waals surface area contributed by atoms with Gasteiger partial charge in [0.1, 0.15) is 12.1 Å². The van der Waals surface area contributed by atoms with Gasteiger partial charge < -0.3 is 24.7 Å². The summed E-state index contributed by atoms with van der Waals surface area (Å²) in [5, 5.41) is 0. The van der Waals surface area contributed by atoms with E-state index >= 15 is 0 Å². The molecule has 0 saturated carbocycles. The number of rotatable bonds is 7. The molecule has 0 bridgehead atoms. The second-order valence-corrected chi connectivity index (χ2v) is 5.17. The molecular formula is C17H17FN4O4. The number of hydrogen-bond acceptors (Lipinski definition) is 8. The number of nitrogens with two attached hydrogens (primary N) is 1. The van der Waals surface area contributed by atoms with Gasteiger partial charge in [-0.1, -0.05) is 0 Å². The van der Waals surface area contributed by atoms with E-state index in [9.17, 15) is 4.39 Å². The molecule has 0 aliphatic rings. The van der Waals surface area contributed by atoms with Crippen LogP contribution in [0.1, 0.15) is 0 Å². The number of nitrogens with zero attached hydrogens (tertiary/aromatic N) is 3. The lowest BCUT2D eigenvalue weighted by atomic mass is 10.3. The maximum absolute atomic E-state index is 14.0. The maximum Gasteiger partial charge on any atom is 0.257 e. The Morgan fingerprint density at radius 3 is 2.65 bits per heavy atom. The molecule has 0 atom stereocenters. The third-order valence-corrected chi connectivity index (χ3v) is 3.39. The van der Waals surface area contributed by atoms with E-state index < -0.39 is 5.82 Å². The zero-order chi connectivity index (χ0) is 18.5. The highest BCUT2D eigenvalue weighted by Gasteiger charge is 2.15. The van der Waals surface area contributed by atoms with Crippen LogP contribution in [0, 0.1) is 5.82 Å². The Morgan fingerprint density at radius 1 is 1.08 bits per heavy atom. The number of aromatic nitrogens is 3. The van der Waals surface area contributed by atoms with Gasteiger partial charge in [-0.3, -0.25) is 4.98 Å². The predicted molar refractivity (Wildman–Crippen MR) is 92.1 cm³/mol. The van der Waals surface area contributed by atoms with Crippen LogP contribution in [-0.4, -0.2) is 42.4 Å². The van der Waals surface area contributed by atoms with E-state index in [1.807, 2.05) is 0 Å². The molecule has 0 saturated heterocycles. The van der Waals surface area contributed by atoms with Crippen LogP contribution in [0.2, 0.25) is 0 Å². The molecule has 3 rings (SSSR count). The van der Waals surface area contributed by atoms with Crippen molar-refractivity contribution < 1.29 is 23.3 Å². The molecule has 0 radical (unpaired) electrons. The van der Waals surface area contributed by atoms with E-state index in [2.05, 4.69) is 15.0 Å². The number of anilines is 1. The number of ether oxygens (including phenoxy) is 4. The third kappa shape index (κ3) is 3.72. The van der Waals surface area contributed by atoms with Crippen molar-refractivity contribution in [3.63, 3.8) is 0 Å². The van der Waals surface area contributed by atoms with Gasteiger partial charge in [-0.15, -0.1) is 0 Å². The van der Waals surface area contributed by atoms with E-state index in [0.29, 0.717) is 23.4 Å². The molecule has 3 aromatic heterocycles. The number of halogens is 1. The first-order chi connectivity index (χ1) is 12.6. The second kappa shape index (κ2) is 7.79. The summed E-state index contributed by atoms with van der Waals surface area (Å²) in [5.41, 5.74) is 6.57. The minimum Gasteiger partial charge on any atom is -0.491 e. The van der Waals surface area contributed by atoms with Crippen LogP contribution < -0.4 is 19.9 Å². The third-order valence-electron chi connectivity index (χ3n) is 3.39. The summed E-state index contributed by atoms with van der Waals surface area (Å²) in [6.45, 7) is 0.676. The quantitative estimate of drug-likeness (QED) is 0.642. The lowest BCUT2D eigenvalue weighted by Crippen LogP contribution is -2.07. The first-order valence-electron chi connectivity index (χ1n) is 7.66. The summed E-state index contributed by atoms with van der Waals surface area (Å²) in [5.74, 6) is 0.0345. The van der Waals surface area contributed by atoms with Gasteiger partial charge in [0.25, 0.3) is 11.8 Å². The molecule has 0 unspecified atom stereocenters. The normalized spacial score (nSPS) is 10.7. The molecule has 9 heteroatoms. The summed E-state index contributed by atoms with van der Waals surface area (Å²) in [4.78, 5) is 12.5. The van der Waals surface area contributed by atoms with Crippen LogP contribution in [0.25, 0.3) is 11.0 Å². The molecule has 8 nitrogen and oxygen atoms in total. The van der Waals surface area contributed by atoms with E-state index in [-0.39, 0.29) is 29.8 Å². The van der Waals surface area contributed by atoms with E-state index in [1.165, 1.54) is 19.5 Å². The van der Waals surface area contributed by atoms with Crippen LogP contribution in [0.3, 0.4) is 0 Å². The molecule has 0 aliphatic heterocycles. The molecule has 0 aliphatic carbocycles. The average molecular weight is 360 g/mol.